The summed E-state index contributed by atoms with van der Waals surface area (Å²) in [6.45, 7) is 5.83. The first-order valence-electron chi connectivity index (χ1n) is 10.2. The van der Waals surface area contributed by atoms with E-state index in [-0.39, 0.29) is 24.5 Å². The fourth-order valence-electron chi connectivity index (χ4n) is 2.98. The first-order chi connectivity index (χ1) is 14.8. The van der Waals surface area contributed by atoms with Gasteiger partial charge in [-0.25, -0.2) is 9.59 Å². The number of carbonyl (C=O) groups is 3. The Labute approximate surface area is 182 Å². The molecule has 4 amide bonds. The number of ether oxygens (including phenoxy) is 1. The number of rotatable bonds is 9. The molecule has 0 heterocycles. The largest absolute Gasteiger partial charge is 0.445 e. The third-order valence-corrected chi connectivity index (χ3v) is 5.02. The molecule has 8 nitrogen and oxygen atoms in total. The molecule has 2 rings (SSSR count). The normalized spacial score (nSPS) is 13.4. The average molecular weight is 427 g/mol. The number of carbonyl (C=O) groups excluding carboxylic acids is 3. The molecule has 166 valence electrons. The Balaban J connectivity index is 1.96. The number of nitrogens with two attached hydrogens (primary N) is 1. The second kappa shape index (κ2) is 11.6. The van der Waals surface area contributed by atoms with E-state index >= 15 is 0 Å². The lowest BCUT2D eigenvalue weighted by atomic mass is 9.97. The highest BCUT2D eigenvalue weighted by Crippen LogP contribution is 2.17. The summed E-state index contributed by atoms with van der Waals surface area (Å²) >= 11 is 0. The highest BCUT2D eigenvalue weighted by Gasteiger charge is 2.27. The standard InChI is InChI=1S/C23H30N4O4/c1-4-15(2)20(27-23(30)31-14-17-8-6-5-7-9-17)21(28)25-16(3)18-10-12-19(13-11-18)26-22(24)29/h5-13,15-16,20H,4,14H2,1-3H3,(H,25,28)(H,27,30)(H3,24,26,29)/t15-,16?,20-/m0/s1. The van der Waals surface area contributed by atoms with Crippen LogP contribution >= 0.6 is 0 Å². The molecular formula is C23H30N4O4. The van der Waals surface area contributed by atoms with Crippen LogP contribution in [0.15, 0.2) is 54.6 Å². The first kappa shape index (κ1) is 23.7. The van der Waals surface area contributed by atoms with Crippen molar-refractivity contribution in [3.05, 3.63) is 65.7 Å². The molecule has 5 N–H and O–H groups in total. The minimum atomic E-state index is -0.730. The Morgan fingerprint density at radius 1 is 0.968 bits per heavy atom. The molecule has 0 spiro atoms. The van der Waals surface area contributed by atoms with Crippen LogP contribution in [0.1, 0.15) is 44.4 Å². The van der Waals surface area contributed by atoms with Gasteiger partial charge in [-0.15, -0.1) is 0 Å². The van der Waals surface area contributed by atoms with E-state index in [0.29, 0.717) is 12.1 Å². The SMILES string of the molecule is CC[C@H](C)[C@H](NC(=O)OCc1ccccc1)C(=O)NC(C)c1ccc(NC(N)=O)cc1. The van der Waals surface area contributed by atoms with E-state index in [0.717, 1.165) is 11.1 Å². The van der Waals surface area contributed by atoms with Crippen LogP contribution < -0.4 is 21.7 Å². The van der Waals surface area contributed by atoms with Crippen LogP contribution in [-0.2, 0) is 16.1 Å². The Bertz CT molecular complexity index is 871. The third-order valence-electron chi connectivity index (χ3n) is 5.02. The zero-order valence-corrected chi connectivity index (χ0v) is 18.1. The van der Waals surface area contributed by atoms with Crippen molar-refractivity contribution in [2.75, 3.05) is 5.32 Å². The average Bonchev–Trinajstić information content (AvgIpc) is 2.76. The van der Waals surface area contributed by atoms with Gasteiger partial charge in [0, 0.05) is 5.69 Å². The molecule has 0 saturated carbocycles. The van der Waals surface area contributed by atoms with Crippen LogP contribution in [0.5, 0.6) is 0 Å². The highest BCUT2D eigenvalue weighted by atomic mass is 16.5. The maximum absolute atomic E-state index is 12.9. The smallest absolute Gasteiger partial charge is 0.408 e. The van der Waals surface area contributed by atoms with Gasteiger partial charge in [0.25, 0.3) is 0 Å². The number of nitrogens with one attached hydrogen (secondary N) is 3. The number of primary amides is 1. The molecule has 0 aliphatic rings. The molecule has 8 heteroatoms. The van der Waals surface area contributed by atoms with Gasteiger partial charge >= 0.3 is 12.1 Å². The van der Waals surface area contributed by atoms with Gasteiger partial charge in [-0.2, -0.15) is 0 Å². The number of benzene rings is 2. The molecule has 0 aliphatic heterocycles. The Morgan fingerprint density at radius 2 is 1.61 bits per heavy atom. The monoisotopic (exact) mass is 426 g/mol. The van der Waals surface area contributed by atoms with Gasteiger partial charge < -0.3 is 26.4 Å². The van der Waals surface area contributed by atoms with E-state index in [2.05, 4.69) is 16.0 Å². The molecule has 0 fully saturated rings. The second-order valence-corrected chi connectivity index (χ2v) is 7.41. The summed E-state index contributed by atoms with van der Waals surface area (Å²) in [5, 5.41) is 8.11. The topological polar surface area (TPSA) is 123 Å². The van der Waals surface area contributed by atoms with Crippen LogP contribution in [0.25, 0.3) is 0 Å². The van der Waals surface area contributed by atoms with Crippen molar-refractivity contribution in [1.82, 2.24) is 10.6 Å². The van der Waals surface area contributed by atoms with E-state index in [1.54, 1.807) is 24.3 Å². The summed E-state index contributed by atoms with van der Waals surface area (Å²) in [6, 6.07) is 14.6. The fraction of sp³-hybridized carbons (Fsp3) is 0.348. The van der Waals surface area contributed by atoms with Gasteiger partial charge in [-0.05, 0) is 36.1 Å². The molecule has 2 aromatic rings. The summed E-state index contributed by atoms with van der Waals surface area (Å²) in [5.41, 5.74) is 7.38. The van der Waals surface area contributed by atoms with Crippen molar-refractivity contribution in [1.29, 1.82) is 0 Å². The molecule has 0 aliphatic carbocycles. The molecule has 31 heavy (non-hydrogen) atoms. The molecular weight excluding hydrogens is 396 g/mol. The van der Waals surface area contributed by atoms with Crippen molar-refractivity contribution in [2.45, 2.75) is 45.9 Å². The number of hydrogen-bond donors (Lipinski definition) is 4. The van der Waals surface area contributed by atoms with Gasteiger partial charge in [0.15, 0.2) is 0 Å². The number of anilines is 1. The van der Waals surface area contributed by atoms with E-state index in [1.165, 1.54) is 0 Å². The van der Waals surface area contributed by atoms with Crippen LogP contribution in [0.2, 0.25) is 0 Å². The first-order valence-corrected chi connectivity index (χ1v) is 10.2. The zero-order valence-electron chi connectivity index (χ0n) is 18.1. The van der Waals surface area contributed by atoms with Crippen LogP contribution in [0.4, 0.5) is 15.3 Å². The predicted octanol–water partition coefficient (Wildman–Crippen LogP) is 3.70. The summed E-state index contributed by atoms with van der Waals surface area (Å²) in [5.74, 6) is -0.378. The lowest BCUT2D eigenvalue weighted by Gasteiger charge is -2.25. The van der Waals surface area contributed by atoms with Crippen molar-refractivity contribution in [3.63, 3.8) is 0 Å². The van der Waals surface area contributed by atoms with E-state index in [4.69, 9.17) is 10.5 Å². The lowest BCUT2D eigenvalue weighted by molar-refractivity contribution is -0.124. The molecule has 2 aromatic carbocycles. The van der Waals surface area contributed by atoms with Gasteiger partial charge in [0.2, 0.25) is 5.91 Å². The Morgan fingerprint density at radius 3 is 2.19 bits per heavy atom. The summed E-state index contributed by atoms with van der Waals surface area (Å²) < 4.78 is 5.26. The number of alkyl carbamates (subject to hydrolysis) is 1. The Kier molecular flexibility index (Phi) is 8.87. The zero-order chi connectivity index (χ0) is 22.8. The van der Waals surface area contributed by atoms with Gasteiger partial charge in [-0.3, -0.25) is 4.79 Å². The molecule has 0 saturated heterocycles. The fourth-order valence-corrected chi connectivity index (χ4v) is 2.98. The molecule has 0 radical (unpaired) electrons. The number of urea groups is 1. The van der Waals surface area contributed by atoms with Gasteiger partial charge in [-0.1, -0.05) is 62.7 Å². The minimum absolute atomic E-state index is 0.0846. The quantitative estimate of drug-likeness (QED) is 0.488. The number of hydrogen-bond acceptors (Lipinski definition) is 4. The summed E-state index contributed by atoms with van der Waals surface area (Å²) in [6.07, 6.45) is 0.0673. The second-order valence-electron chi connectivity index (χ2n) is 7.41. The number of amides is 4. The maximum atomic E-state index is 12.9. The molecule has 1 unspecified atom stereocenters. The minimum Gasteiger partial charge on any atom is -0.445 e. The third kappa shape index (κ3) is 7.65. The van der Waals surface area contributed by atoms with Crippen LogP contribution in [-0.4, -0.2) is 24.1 Å². The van der Waals surface area contributed by atoms with Crippen molar-refractivity contribution in [2.24, 2.45) is 11.7 Å². The maximum Gasteiger partial charge on any atom is 0.408 e. The predicted molar refractivity (Wildman–Crippen MR) is 119 cm³/mol. The van der Waals surface area contributed by atoms with E-state index < -0.39 is 18.2 Å². The van der Waals surface area contributed by atoms with Crippen molar-refractivity contribution < 1.29 is 19.1 Å². The van der Waals surface area contributed by atoms with Crippen LogP contribution in [0.3, 0.4) is 0 Å². The molecule has 0 aromatic heterocycles. The van der Waals surface area contributed by atoms with E-state index in [1.807, 2.05) is 51.1 Å². The van der Waals surface area contributed by atoms with Crippen molar-refractivity contribution >= 4 is 23.7 Å². The molecule has 3 atom stereocenters. The van der Waals surface area contributed by atoms with Crippen LogP contribution in [0, 0.1) is 5.92 Å². The Hall–Kier alpha value is -3.55. The highest BCUT2D eigenvalue weighted by molar-refractivity contribution is 5.88. The van der Waals surface area contributed by atoms with Gasteiger partial charge in [0.1, 0.15) is 12.6 Å². The van der Waals surface area contributed by atoms with E-state index in [9.17, 15) is 14.4 Å². The van der Waals surface area contributed by atoms with Gasteiger partial charge in [0.05, 0.1) is 6.04 Å². The summed E-state index contributed by atoms with van der Waals surface area (Å²) in [4.78, 5) is 36.1. The molecule has 0 bridgehead atoms. The van der Waals surface area contributed by atoms with Crippen molar-refractivity contribution in [3.8, 4) is 0 Å². The lowest BCUT2D eigenvalue weighted by Crippen LogP contribution is -2.50. The summed E-state index contributed by atoms with van der Waals surface area (Å²) in [7, 11) is 0.